The first-order valence-electron chi connectivity index (χ1n) is 7.17. The maximum Gasteiger partial charge on any atom is 0.193 e. The van der Waals surface area contributed by atoms with E-state index in [1.54, 1.807) is 14.2 Å². The van der Waals surface area contributed by atoms with Crippen LogP contribution in [0.2, 0.25) is 0 Å². The van der Waals surface area contributed by atoms with Gasteiger partial charge in [-0.05, 0) is 12.1 Å². The number of anilines is 1. The zero-order valence-corrected chi connectivity index (χ0v) is 16.1. The third kappa shape index (κ3) is 3.65. The Morgan fingerprint density at radius 1 is 1.32 bits per heavy atom. The molecule has 2 rings (SSSR count). The van der Waals surface area contributed by atoms with Gasteiger partial charge in [-0.1, -0.05) is 26.8 Å². The smallest absolute Gasteiger partial charge is 0.193 e. The van der Waals surface area contributed by atoms with E-state index >= 15 is 0 Å². The highest BCUT2D eigenvalue weighted by Crippen LogP contribution is 2.48. The van der Waals surface area contributed by atoms with Crippen molar-refractivity contribution in [2.45, 2.75) is 32.9 Å². The standard InChI is InChI=1S/C16H25N3O2.HI/c1-10-13(16(2,3)14(10)21-5)19-15(17)18-11-7-6-8-12(9-11)20-4;/h6-10,13-14H,1-5H3,(H3,17,18,19);1H. The van der Waals surface area contributed by atoms with Gasteiger partial charge < -0.3 is 20.5 Å². The van der Waals surface area contributed by atoms with Gasteiger partial charge >= 0.3 is 0 Å². The third-order valence-corrected chi connectivity index (χ3v) is 4.35. The largest absolute Gasteiger partial charge is 0.497 e. The van der Waals surface area contributed by atoms with Crippen molar-refractivity contribution in [2.24, 2.45) is 22.1 Å². The lowest BCUT2D eigenvalue weighted by molar-refractivity contribution is -0.132. The molecule has 6 heteroatoms. The van der Waals surface area contributed by atoms with Crippen LogP contribution in [0.3, 0.4) is 0 Å². The molecular formula is C16H26IN3O2. The Labute approximate surface area is 149 Å². The van der Waals surface area contributed by atoms with Gasteiger partial charge in [0.2, 0.25) is 0 Å². The Kier molecular flexibility index (Phi) is 6.49. The van der Waals surface area contributed by atoms with Gasteiger partial charge in [-0.15, -0.1) is 24.0 Å². The van der Waals surface area contributed by atoms with E-state index in [0.29, 0.717) is 11.9 Å². The number of nitrogens with zero attached hydrogens (tertiary/aromatic N) is 1. The van der Waals surface area contributed by atoms with E-state index in [-0.39, 0.29) is 41.5 Å². The van der Waals surface area contributed by atoms with Gasteiger partial charge in [0, 0.05) is 30.2 Å². The molecule has 1 aromatic rings. The molecule has 0 saturated heterocycles. The summed E-state index contributed by atoms with van der Waals surface area (Å²) in [6.45, 7) is 6.47. The van der Waals surface area contributed by atoms with E-state index < -0.39 is 0 Å². The highest BCUT2D eigenvalue weighted by atomic mass is 127. The Morgan fingerprint density at radius 3 is 2.55 bits per heavy atom. The summed E-state index contributed by atoms with van der Waals surface area (Å²) >= 11 is 0. The second-order valence-electron chi connectivity index (χ2n) is 6.15. The second kappa shape index (κ2) is 7.50. The van der Waals surface area contributed by atoms with Crippen LogP contribution in [0.25, 0.3) is 0 Å². The third-order valence-electron chi connectivity index (χ3n) is 4.35. The maximum absolute atomic E-state index is 6.04. The van der Waals surface area contributed by atoms with Crippen LogP contribution in [0, 0.1) is 11.3 Å². The van der Waals surface area contributed by atoms with E-state index in [4.69, 9.17) is 15.2 Å². The summed E-state index contributed by atoms with van der Waals surface area (Å²) in [5, 5.41) is 3.11. The first-order valence-corrected chi connectivity index (χ1v) is 7.17. The van der Waals surface area contributed by atoms with E-state index in [2.05, 4.69) is 31.1 Å². The molecule has 0 amide bonds. The zero-order chi connectivity index (χ0) is 15.6. The molecule has 1 fully saturated rings. The summed E-state index contributed by atoms with van der Waals surface area (Å²) in [5.74, 6) is 1.56. The van der Waals surface area contributed by atoms with E-state index in [1.165, 1.54) is 0 Å². The lowest BCUT2D eigenvalue weighted by atomic mass is 9.58. The fourth-order valence-corrected chi connectivity index (χ4v) is 3.40. The second-order valence-corrected chi connectivity index (χ2v) is 6.15. The Morgan fingerprint density at radius 2 is 2.00 bits per heavy atom. The number of rotatable bonds is 4. The van der Waals surface area contributed by atoms with Crippen LogP contribution in [0.1, 0.15) is 20.8 Å². The average Bonchev–Trinajstić information content (AvgIpc) is 2.45. The van der Waals surface area contributed by atoms with Crippen LogP contribution >= 0.6 is 24.0 Å². The quantitative estimate of drug-likeness (QED) is 0.447. The topological polar surface area (TPSA) is 68.9 Å². The normalized spacial score (nSPS) is 26.6. The monoisotopic (exact) mass is 419 g/mol. The minimum atomic E-state index is -0.00511. The van der Waals surface area contributed by atoms with Gasteiger partial charge in [0.15, 0.2) is 5.96 Å². The predicted octanol–water partition coefficient (Wildman–Crippen LogP) is 3.10. The van der Waals surface area contributed by atoms with Crippen molar-refractivity contribution < 1.29 is 9.47 Å². The van der Waals surface area contributed by atoms with Gasteiger partial charge in [0.25, 0.3) is 0 Å². The molecule has 22 heavy (non-hydrogen) atoms. The molecule has 1 aliphatic carbocycles. The molecule has 0 aromatic heterocycles. The lowest BCUT2D eigenvalue weighted by Gasteiger charge is -2.54. The van der Waals surface area contributed by atoms with Crippen LogP contribution in [0.4, 0.5) is 5.69 Å². The van der Waals surface area contributed by atoms with E-state index in [9.17, 15) is 0 Å². The number of aliphatic imine (C=N–C) groups is 1. The number of nitrogens with two attached hydrogens (primary N) is 1. The molecule has 0 spiro atoms. The van der Waals surface area contributed by atoms with Crippen LogP contribution in [0.15, 0.2) is 29.3 Å². The first-order chi connectivity index (χ1) is 9.90. The maximum atomic E-state index is 6.04. The molecule has 0 bridgehead atoms. The van der Waals surface area contributed by atoms with Crippen molar-refractivity contribution >= 4 is 35.6 Å². The lowest BCUT2D eigenvalue weighted by Crippen LogP contribution is -2.61. The number of benzene rings is 1. The minimum Gasteiger partial charge on any atom is -0.497 e. The molecule has 3 atom stereocenters. The van der Waals surface area contributed by atoms with Crippen molar-refractivity contribution in [2.75, 3.05) is 19.5 Å². The molecule has 1 aliphatic rings. The molecule has 0 radical (unpaired) electrons. The molecule has 5 nitrogen and oxygen atoms in total. The number of halogens is 1. The summed E-state index contributed by atoms with van der Waals surface area (Å²) in [4.78, 5) is 4.63. The zero-order valence-electron chi connectivity index (χ0n) is 13.8. The number of hydrogen-bond acceptors (Lipinski definition) is 3. The molecular weight excluding hydrogens is 393 g/mol. The number of nitrogens with one attached hydrogen (secondary N) is 1. The van der Waals surface area contributed by atoms with Gasteiger partial charge in [0.05, 0.1) is 19.3 Å². The van der Waals surface area contributed by atoms with Crippen LogP contribution in [-0.4, -0.2) is 32.3 Å². The van der Waals surface area contributed by atoms with E-state index in [0.717, 1.165) is 11.4 Å². The van der Waals surface area contributed by atoms with Crippen LogP contribution in [0.5, 0.6) is 5.75 Å². The number of methoxy groups -OCH3 is 2. The summed E-state index contributed by atoms with van der Waals surface area (Å²) in [5.41, 5.74) is 6.89. The van der Waals surface area contributed by atoms with Crippen molar-refractivity contribution in [3.05, 3.63) is 24.3 Å². The van der Waals surface area contributed by atoms with E-state index in [1.807, 2.05) is 24.3 Å². The molecule has 1 aromatic carbocycles. The Bertz CT molecular complexity index is 534. The predicted molar refractivity (Wildman–Crippen MR) is 101 cm³/mol. The summed E-state index contributed by atoms with van der Waals surface area (Å²) in [6.07, 6.45) is 0.218. The summed E-state index contributed by atoms with van der Waals surface area (Å²) in [7, 11) is 3.39. The number of hydrogen-bond donors (Lipinski definition) is 2. The molecule has 0 heterocycles. The van der Waals surface area contributed by atoms with Gasteiger partial charge in [0.1, 0.15) is 5.75 Å². The SMILES string of the molecule is COc1cccc(NC(N)=NC2C(C)C(OC)C2(C)C)c1.I. The van der Waals surface area contributed by atoms with Gasteiger partial charge in [-0.3, -0.25) is 0 Å². The van der Waals surface area contributed by atoms with Crippen LogP contribution in [-0.2, 0) is 4.74 Å². The minimum absolute atomic E-state index is 0. The molecule has 1 saturated carbocycles. The molecule has 3 unspecified atom stereocenters. The first kappa shape index (κ1) is 19.0. The molecule has 0 aliphatic heterocycles. The summed E-state index contributed by atoms with van der Waals surface area (Å²) < 4.78 is 10.7. The Hall–Kier alpha value is -1.02. The molecule has 124 valence electrons. The Balaban J connectivity index is 0.00000242. The van der Waals surface area contributed by atoms with Crippen molar-refractivity contribution in [1.29, 1.82) is 0 Å². The van der Waals surface area contributed by atoms with Crippen LogP contribution < -0.4 is 15.8 Å². The highest BCUT2D eigenvalue weighted by Gasteiger charge is 2.54. The summed E-state index contributed by atoms with van der Waals surface area (Å²) in [6, 6.07) is 7.76. The fourth-order valence-electron chi connectivity index (χ4n) is 3.40. The van der Waals surface area contributed by atoms with Gasteiger partial charge in [-0.2, -0.15) is 0 Å². The fraction of sp³-hybridized carbons (Fsp3) is 0.562. The highest BCUT2D eigenvalue weighted by molar-refractivity contribution is 14.0. The average molecular weight is 419 g/mol. The van der Waals surface area contributed by atoms with Crippen molar-refractivity contribution in [1.82, 2.24) is 0 Å². The van der Waals surface area contributed by atoms with Crippen molar-refractivity contribution in [3.8, 4) is 5.75 Å². The number of ether oxygens (including phenoxy) is 2. The van der Waals surface area contributed by atoms with Gasteiger partial charge in [-0.25, -0.2) is 4.99 Å². The number of guanidine groups is 1. The molecule has 3 N–H and O–H groups in total. The van der Waals surface area contributed by atoms with Crippen molar-refractivity contribution in [3.63, 3.8) is 0 Å².